The topological polar surface area (TPSA) is 106 Å². The van der Waals surface area contributed by atoms with Gasteiger partial charge in [-0.2, -0.15) is 0 Å². The summed E-state index contributed by atoms with van der Waals surface area (Å²) in [5.41, 5.74) is 0.901. The van der Waals surface area contributed by atoms with Crippen molar-refractivity contribution in [1.29, 1.82) is 0 Å². The quantitative estimate of drug-likeness (QED) is 0.717. The van der Waals surface area contributed by atoms with Crippen LogP contribution in [-0.2, 0) is 6.54 Å². The molecule has 140 valence electrons. The van der Waals surface area contributed by atoms with E-state index in [4.69, 9.17) is 4.74 Å². The van der Waals surface area contributed by atoms with Gasteiger partial charge in [-0.3, -0.25) is 19.1 Å². The maximum absolute atomic E-state index is 12.5. The van der Waals surface area contributed by atoms with Crippen LogP contribution in [0.3, 0.4) is 0 Å². The molecule has 3 aromatic rings. The van der Waals surface area contributed by atoms with E-state index >= 15 is 0 Å². The molecule has 0 radical (unpaired) electrons. The number of nitrogens with one attached hydrogen (secondary N) is 2. The maximum Gasteiger partial charge on any atom is 0.329 e. The van der Waals surface area contributed by atoms with Crippen LogP contribution < -0.4 is 21.3 Å². The van der Waals surface area contributed by atoms with Crippen molar-refractivity contribution in [2.45, 2.75) is 26.8 Å². The van der Waals surface area contributed by atoms with Gasteiger partial charge in [-0.25, -0.2) is 9.78 Å². The van der Waals surface area contributed by atoms with E-state index in [1.807, 2.05) is 13.8 Å². The highest BCUT2D eigenvalue weighted by Gasteiger charge is 2.13. The molecular weight excluding hydrogens is 348 g/mol. The van der Waals surface area contributed by atoms with Crippen molar-refractivity contribution in [2.75, 3.05) is 12.4 Å². The molecule has 0 atom stereocenters. The summed E-state index contributed by atoms with van der Waals surface area (Å²) in [6, 6.07) is 6.72. The minimum absolute atomic E-state index is 0.196. The van der Waals surface area contributed by atoms with Crippen LogP contribution in [0.4, 0.5) is 5.69 Å². The van der Waals surface area contributed by atoms with E-state index in [-0.39, 0.29) is 16.6 Å². The van der Waals surface area contributed by atoms with Crippen molar-refractivity contribution in [2.24, 2.45) is 0 Å². The number of pyridine rings is 1. The first-order valence-corrected chi connectivity index (χ1v) is 8.53. The van der Waals surface area contributed by atoms with Crippen LogP contribution in [0.1, 0.15) is 29.3 Å². The summed E-state index contributed by atoms with van der Waals surface area (Å²) in [6.45, 7) is 4.22. The lowest BCUT2D eigenvalue weighted by atomic mass is 10.1. The number of aromatic amines is 1. The fourth-order valence-corrected chi connectivity index (χ4v) is 2.88. The van der Waals surface area contributed by atoms with E-state index in [1.54, 1.807) is 25.3 Å². The Morgan fingerprint density at radius 1 is 1.30 bits per heavy atom. The summed E-state index contributed by atoms with van der Waals surface area (Å²) in [6.07, 6.45) is 2.07. The van der Waals surface area contributed by atoms with Crippen LogP contribution in [-0.4, -0.2) is 27.6 Å². The lowest BCUT2D eigenvalue weighted by Crippen LogP contribution is -2.31. The average molecular weight is 368 g/mol. The van der Waals surface area contributed by atoms with E-state index in [2.05, 4.69) is 15.3 Å². The Labute approximate surface area is 154 Å². The number of anilines is 1. The first-order chi connectivity index (χ1) is 12.9. The normalized spacial score (nSPS) is 10.8. The van der Waals surface area contributed by atoms with Gasteiger partial charge < -0.3 is 10.1 Å². The number of carbonyl (C=O) groups is 1. The lowest BCUT2D eigenvalue weighted by Gasteiger charge is -2.10. The number of amides is 1. The Hall–Kier alpha value is -3.42. The zero-order chi connectivity index (χ0) is 19.6. The number of fused-ring (bicyclic) bond motifs is 1. The van der Waals surface area contributed by atoms with Gasteiger partial charge in [0.2, 0.25) is 0 Å². The lowest BCUT2D eigenvalue weighted by molar-refractivity contribution is 0.102. The number of benzene rings is 1. The number of hydrogen-bond acceptors (Lipinski definition) is 5. The zero-order valence-corrected chi connectivity index (χ0v) is 15.3. The van der Waals surface area contributed by atoms with Gasteiger partial charge in [-0.1, -0.05) is 6.92 Å². The van der Waals surface area contributed by atoms with Gasteiger partial charge in [-0.05, 0) is 43.2 Å². The summed E-state index contributed by atoms with van der Waals surface area (Å²) >= 11 is 0. The molecule has 1 amide bonds. The Balaban J connectivity index is 1.97. The number of nitrogens with zero attached hydrogens (tertiary/aromatic N) is 2. The fourth-order valence-electron chi connectivity index (χ4n) is 2.88. The molecule has 2 N–H and O–H groups in total. The third-order valence-electron chi connectivity index (χ3n) is 4.19. The van der Waals surface area contributed by atoms with E-state index in [9.17, 15) is 14.4 Å². The first-order valence-electron chi connectivity index (χ1n) is 8.53. The molecule has 0 spiro atoms. The van der Waals surface area contributed by atoms with Gasteiger partial charge in [0.15, 0.2) is 0 Å². The maximum atomic E-state index is 12.5. The molecule has 8 heteroatoms. The average Bonchev–Trinajstić information content (AvgIpc) is 2.65. The number of carbonyl (C=O) groups excluding carboxylic acids is 1. The smallest absolute Gasteiger partial charge is 0.329 e. The highest BCUT2D eigenvalue weighted by atomic mass is 16.5. The number of rotatable bonds is 5. The van der Waals surface area contributed by atoms with Crippen LogP contribution >= 0.6 is 0 Å². The van der Waals surface area contributed by atoms with E-state index in [0.29, 0.717) is 18.7 Å². The van der Waals surface area contributed by atoms with Crippen LogP contribution in [0.15, 0.2) is 40.1 Å². The summed E-state index contributed by atoms with van der Waals surface area (Å²) < 4.78 is 6.60. The van der Waals surface area contributed by atoms with Crippen LogP contribution in [0.25, 0.3) is 11.0 Å². The molecule has 2 aromatic heterocycles. The van der Waals surface area contributed by atoms with Gasteiger partial charge in [0.05, 0.1) is 18.1 Å². The second-order valence-corrected chi connectivity index (χ2v) is 6.14. The number of aromatic nitrogens is 3. The van der Waals surface area contributed by atoms with Crippen molar-refractivity contribution in [1.82, 2.24) is 14.5 Å². The monoisotopic (exact) mass is 368 g/mol. The van der Waals surface area contributed by atoms with Crippen molar-refractivity contribution >= 4 is 22.6 Å². The van der Waals surface area contributed by atoms with Gasteiger partial charge in [0.1, 0.15) is 11.4 Å². The molecule has 0 aliphatic carbocycles. The molecule has 0 aliphatic heterocycles. The van der Waals surface area contributed by atoms with Gasteiger partial charge in [-0.15, -0.1) is 0 Å². The molecule has 0 aliphatic rings. The Bertz CT molecular complexity index is 1130. The Kier molecular flexibility index (Phi) is 5.07. The molecular formula is C19H20N4O4. The number of hydrogen-bond donors (Lipinski definition) is 2. The Morgan fingerprint density at radius 2 is 2.07 bits per heavy atom. The minimum atomic E-state index is -0.565. The van der Waals surface area contributed by atoms with Crippen molar-refractivity contribution in [3.63, 3.8) is 0 Å². The summed E-state index contributed by atoms with van der Waals surface area (Å²) in [5, 5.41) is 2.97. The van der Waals surface area contributed by atoms with Crippen LogP contribution in [0.5, 0.6) is 5.75 Å². The minimum Gasteiger partial charge on any atom is -0.496 e. The second kappa shape index (κ2) is 7.45. The molecule has 8 nitrogen and oxygen atoms in total. The SMILES string of the molecule is CCCn1c(=O)[nH]c(=O)c2cc(C(=O)Nc3ccc(OC)c(C)c3)cnc21. The molecule has 1 aromatic carbocycles. The van der Waals surface area contributed by atoms with Crippen molar-refractivity contribution < 1.29 is 9.53 Å². The number of H-pyrrole nitrogens is 1. The summed E-state index contributed by atoms with van der Waals surface area (Å²) in [4.78, 5) is 43.1. The van der Waals surface area contributed by atoms with Gasteiger partial charge >= 0.3 is 5.69 Å². The molecule has 0 unspecified atom stereocenters. The second-order valence-electron chi connectivity index (χ2n) is 6.14. The fraction of sp³-hybridized carbons (Fsp3) is 0.263. The number of aryl methyl sites for hydroxylation is 2. The zero-order valence-electron chi connectivity index (χ0n) is 15.3. The number of methoxy groups -OCH3 is 1. The van der Waals surface area contributed by atoms with E-state index < -0.39 is 17.2 Å². The molecule has 3 rings (SSSR count). The third-order valence-corrected chi connectivity index (χ3v) is 4.19. The van der Waals surface area contributed by atoms with Crippen molar-refractivity contribution in [3.05, 3.63) is 62.4 Å². The Morgan fingerprint density at radius 3 is 2.74 bits per heavy atom. The van der Waals surface area contributed by atoms with E-state index in [0.717, 1.165) is 11.3 Å². The largest absolute Gasteiger partial charge is 0.496 e. The highest BCUT2D eigenvalue weighted by Crippen LogP contribution is 2.22. The van der Waals surface area contributed by atoms with E-state index in [1.165, 1.54) is 16.8 Å². The molecule has 0 saturated heterocycles. The molecule has 2 heterocycles. The van der Waals surface area contributed by atoms with Gasteiger partial charge in [0, 0.05) is 18.4 Å². The van der Waals surface area contributed by atoms with Crippen LogP contribution in [0, 0.1) is 6.92 Å². The van der Waals surface area contributed by atoms with Crippen molar-refractivity contribution in [3.8, 4) is 5.75 Å². The van der Waals surface area contributed by atoms with Gasteiger partial charge in [0.25, 0.3) is 11.5 Å². The third kappa shape index (κ3) is 3.59. The highest BCUT2D eigenvalue weighted by molar-refractivity contribution is 6.05. The standard InChI is InChI=1S/C19H20N4O4/c1-4-7-23-16-14(18(25)22-19(23)26)9-12(10-20-16)17(24)21-13-5-6-15(27-3)11(2)8-13/h5-6,8-10H,4,7H2,1-3H3,(H,21,24)(H,22,25,26). The number of ether oxygens (including phenoxy) is 1. The molecule has 0 bridgehead atoms. The van der Waals surface area contributed by atoms with Crippen LogP contribution in [0.2, 0.25) is 0 Å². The predicted molar refractivity (Wildman–Crippen MR) is 103 cm³/mol. The molecule has 27 heavy (non-hydrogen) atoms. The molecule has 0 saturated carbocycles. The first kappa shape index (κ1) is 18.4. The molecule has 0 fully saturated rings. The predicted octanol–water partition coefficient (Wildman–Crippen LogP) is 2.06. The summed E-state index contributed by atoms with van der Waals surface area (Å²) in [7, 11) is 1.58. The summed E-state index contributed by atoms with van der Waals surface area (Å²) in [5.74, 6) is 0.322.